The van der Waals surface area contributed by atoms with E-state index in [0.29, 0.717) is 22.8 Å². The minimum atomic E-state index is -0.310. The van der Waals surface area contributed by atoms with Crippen LogP contribution in [-0.4, -0.2) is 23.9 Å². The van der Waals surface area contributed by atoms with Crippen molar-refractivity contribution in [2.75, 3.05) is 12.4 Å². The van der Waals surface area contributed by atoms with Gasteiger partial charge in [-0.15, -0.1) is 0 Å². The number of hydrogen-bond donors (Lipinski definition) is 1. The zero-order valence-electron chi connectivity index (χ0n) is 14.9. The number of carbonyl (C=O) groups excluding carboxylic acids is 1. The van der Waals surface area contributed by atoms with Crippen molar-refractivity contribution in [3.05, 3.63) is 63.7 Å². The minimum absolute atomic E-state index is 0.118. The Hall–Kier alpha value is -2.35. The zero-order chi connectivity index (χ0) is 18.6. The Kier molecular flexibility index (Phi) is 6.19. The summed E-state index contributed by atoms with van der Waals surface area (Å²) in [5.41, 5.74) is 4.63. The van der Waals surface area contributed by atoms with Gasteiger partial charge in [-0.2, -0.15) is 5.26 Å². The smallest absolute Gasteiger partial charge is 0.241 e. The Balaban J connectivity index is 2.03. The van der Waals surface area contributed by atoms with Crippen molar-refractivity contribution >= 4 is 23.2 Å². The summed E-state index contributed by atoms with van der Waals surface area (Å²) in [6.45, 7) is 6.71. The molecule has 5 heteroatoms. The number of likely N-dealkylation sites (N-methyl/N-ethyl adjacent to an activating group) is 1. The molecule has 0 saturated carbocycles. The first kappa shape index (κ1) is 19.0. The quantitative estimate of drug-likeness (QED) is 0.870. The number of anilines is 1. The Morgan fingerprint density at radius 2 is 2.00 bits per heavy atom. The average molecular weight is 356 g/mol. The van der Waals surface area contributed by atoms with Crippen LogP contribution < -0.4 is 5.32 Å². The molecule has 0 aliphatic heterocycles. The highest BCUT2D eigenvalue weighted by molar-refractivity contribution is 6.32. The Bertz CT molecular complexity index is 826. The number of nitrogens with zero attached hydrogens (tertiary/aromatic N) is 2. The summed E-state index contributed by atoms with van der Waals surface area (Å²) < 4.78 is 0. The second-order valence-electron chi connectivity index (χ2n) is 6.32. The molecule has 0 spiro atoms. The van der Waals surface area contributed by atoms with E-state index in [9.17, 15) is 4.79 Å². The molecule has 1 unspecified atom stereocenters. The maximum atomic E-state index is 12.5. The molecule has 130 valence electrons. The van der Waals surface area contributed by atoms with Gasteiger partial charge in [0.25, 0.3) is 0 Å². The van der Waals surface area contributed by atoms with E-state index in [1.165, 1.54) is 16.7 Å². The number of nitriles is 1. The van der Waals surface area contributed by atoms with Crippen LogP contribution in [0.2, 0.25) is 5.02 Å². The lowest BCUT2D eigenvalue weighted by atomic mass is 10.0. The van der Waals surface area contributed by atoms with Crippen LogP contribution in [-0.2, 0) is 11.3 Å². The Morgan fingerprint density at radius 1 is 1.28 bits per heavy atom. The minimum Gasteiger partial charge on any atom is -0.325 e. The number of hydrogen-bond acceptors (Lipinski definition) is 3. The van der Waals surface area contributed by atoms with Crippen LogP contribution in [0.15, 0.2) is 36.4 Å². The van der Waals surface area contributed by atoms with Crippen molar-refractivity contribution in [3.63, 3.8) is 0 Å². The van der Waals surface area contributed by atoms with Gasteiger partial charge < -0.3 is 5.32 Å². The number of aryl methyl sites for hydroxylation is 2. The van der Waals surface area contributed by atoms with Gasteiger partial charge in [0.05, 0.1) is 16.6 Å². The summed E-state index contributed by atoms with van der Waals surface area (Å²) in [6.07, 6.45) is 0. The standard InChI is InChI=1S/C20H22ClN3O/c1-13-5-6-17(14(2)9-13)12-24(4)15(3)20(25)23-18-8-7-16(11-22)19(21)10-18/h5-10,15H,12H2,1-4H3,(H,23,25). The molecule has 0 aromatic heterocycles. The number of halogens is 1. The van der Waals surface area contributed by atoms with E-state index in [2.05, 4.69) is 37.4 Å². The lowest BCUT2D eigenvalue weighted by Crippen LogP contribution is -2.39. The molecule has 0 radical (unpaired) electrons. The highest BCUT2D eigenvalue weighted by Crippen LogP contribution is 2.21. The number of nitrogens with one attached hydrogen (secondary N) is 1. The summed E-state index contributed by atoms with van der Waals surface area (Å²) in [6, 6.07) is 12.9. The fraction of sp³-hybridized carbons (Fsp3) is 0.300. The number of amides is 1. The van der Waals surface area contributed by atoms with Crippen LogP contribution in [0.1, 0.15) is 29.2 Å². The lowest BCUT2D eigenvalue weighted by Gasteiger charge is -2.25. The average Bonchev–Trinajstić information content (AvgIpc) is 2.56. The highest BCUT2D eigenvalue weighted by atomic mass is 35.5. The summed E-state index contributed by atoms with van der Waals surface area (Å²) in [5, 5.41) is 12.1. The van der Waals surface area contributed by atoms with Gasteiger partial charge in [-0.05, 0) is 57.1 Å². The first-order valence-corrected chi connectivity index (χ1v) is 8.46. The summed E-state index contributed by atoms with van der Waals surface area (Å²) in [5.74, 6) is -0.118. The molecule has 1 amide bonds. The molecular weight excluding hydrogens is 334 g/mol. The van der Waals surface area contributed by atoms with Crippen LogP contribution in [0, 0.1) is 25.2 Å². The fourth-order valence-electron chi connectivity index (χ4n) is 2.56. The van der Waals surface area contributed by atoms with Crippen molar-refractivity contribution in [2.45, 2.75) is 33.4 Å². The molecule has 2 rings (SSSR count). The number of carbonyl (C=O) groups is 1. The fourth-order valence-corrected chi connectivity index (χ4v) is 2.78. The molecule has 0 heterocycles. The molecule has 0 aliphatic rings. The Morgan fingerprint density at radius 3 is 2.60 bits per heavy atom. The molecule has 0 fully saturated rings. The molecule has 0 aliphatic carbocycles. The third kappa shape index (κ3) is 4.82. The van der Waals surface area contributed by atoms with Crippen LogP contribution in [0.25, 0.3) is 0 Å². The van der Waals surface area contributed by atoms with Crippen molar-refractivity contribution < 1.29 is 4.79 Å². The third-order valence-electron chi connectivity index (χ3n) is 4.32. The molecule has 0 bridgehead atoms. The maximum Gasteiger partial charge on any atom is 0.241 e. The predicted molar refractivity (Wildman–Crippen MR) is 102 cm³/mol. The molecule has 25 heavy (non-hydrogen) atoms. The monoisotopic (exact) mass is 355 g/mol. The van der Waals surface area contributed by atoms with Crippen LogP contribution in [0.4, 0.5) is 5.69 Å². The van der Waals surface area contributed by atoms with E-state index < -0.39 is 0 Å². The van der Waals surface area contributed by atoms with Gasteiger partial charge in [0, 0.05) is 12.2 Å². The van der Waals surface area contributed by atoms with Gasteiger partial charge >= 0.3 is 0 Å². The van der Waals surface area contributed by atoms with Crippen molar-refractivity contribution in [1.82, 2.24) is 4.90 Å². The van der Waals surface area contributed by atoms with E-state index in [0.717, 1.165) is 0 Å². The van der Waals surface area contributed by atoms with Gasteiger partial charge in [-0.1, -0.05) is 35.4 Å². The van der Waals surface area contributed by atoms with E-state index in [4.69, 9.17) is 16.9 Å². The van der Waals surface area contributed by atoms with Gasteiger partial charge in [0.15, 0.2) is 0 Å². The Labute approximate surface area is 154 Å². The molecule has 2 aromatic rings. The summed E-state index contributed by atoms with van der Waals surface area (Å²) >= 11 is 6.01. The van der Waals surface area contributed by atoms with Gasteiger partial charge in [-0.25, -0.2) is 0 Å². The summed E-state index contributed by atoms with van der Waals surface area (Å²) in [7, 11) is 1.93. The highest BCUT2D eigenvalue weighted by Gasteiger charge is 2.19. The van der Waals surface area contributed by atoms with Crippen LogP contribution in [0.3, 0.4) is 0 Å². The molecule has 0 saturated heterocycles. The number of rotatable bonds is 5. The van der Waals surface area contributed by atoms with Crippen molar-refractivity contribution in [2.24, 2.45) is 0 Å². The van der Waals surface area contributed by atoms with Crippen molar-refractivity contribution in [1.29, 1.82) is 5.26 Å². The normalized spacial score (nSPS) is 11.9. The van der Waals surface area contributed by atoms with Gasteiger partial charge in [-0.3, -0.25) is 9.69 Å². The van der Waals surface area contributed by atoms with Crippen molar-refractivity contribution in [3.8, 4) is 6.07 Å². The molecule has 1 N–H and O–H groups in total. The van der Waals surface area contributed by atoms with E-state index >= 15 is 0 Å². The largest absolute Gasteiger partial charge is 0.325 e. The van der Waals surface area contributed by atoms with E-state index in [-0.39, 0.29) is 11.9 Å². The molecular formula is C20H22ClN3O. The second kappa shape index (κ2) is 8.15. The third-order valence-corrected chi connectivity index (χ3v) is 4.63. The SMILES string of the molecule is Cc1ccc(CN(C)C(C)C(=O)Nc2ccc(C#N)c(Cl)c2)c(C)c1. The summed E-state index contributed by atoms with van der Waals surface area (Å²) in [4.78, 5) is 14.5. The first-order chi connectivity index (χ1) is 11.8. The lowest BCUT2D eigenvalue weighted by molar-refractivity contribution is -0.120. The van der Waals surface area contributed by atoms with Crippen LogP contribution in [0.5, 0.6) is 0 Å². The maximum absolute atomic E-state index is 12.5. The molecule has 1 atom stereocenters. The van der Waals surface area contributed by atoms with E-state index in [1.54, 1.807) is 18.2 Å². The second-order valence-corrected chi connectivity index (χ2v) is 6.72. The van der Waals surface area contributed by atoms with Gasteiger partial charge in [0.2, 0.25) is 5.91 Å². The topological polar surface area (TPSA) is 56.1 Å². The predicted octanol–water partition coefficient (Wildman–Crippen LogP) is 4.29. The van der Waals surface area contributed by atoms with E-state index in [1.807, 2.05) is 24.9 Å². The first-order valence-electron chi connectivity index (χ1n) is 8.08. The molecule has 2 aromatic carbocycles. The number of benzene rings is 2. The zero-order valence-corrected chi connectivity index (χ0v) is 15.7. The van der Waals surface area contributed by atoms with Crippen LogP contribution >= 0.6 is 11.6 Å². The molecule has 4 nitrogen and oxygen atoms in total. The van der Waals surface area contributed by atoms with Gasteiger partial charge in [0.1, 0.15) is 6.07 Å².